The zero-order chi connectivity index (χ0) is 13.7. The average molecular weight is 266 g/mol. The van der Waals surface area contributed by atoms with Crippen LogP contribution < -0.4 is 5.73 Å². The van der Waals surface area contributed by atoms with Crippen molar-refractivity contribution < 1.29 is 9.59 Å². The van der Waals surface area contributed by atoms with E-state index in [4.69, 9.17) is 5.73 Å². The lowest BCUT2D eigenvalue weighted by atomic mass is 9.85. The second-order valence-corrected chi connectivity index (χ2v) is 6.19. The van der Waals surface area contributed by atoms with Gasteiger partial charge in [-0.3, -0.25) is 14.5 Å². The van der Waals surface area contributed by atoms with Crippen LogP contribution in [0.5, 0.6) is 0 Å². The molecule has 4 heteroatoms. The molecule has 1 amide bonds. The first kappa shape index (κ1) is 14.5. The third kappa shape index (κ3) is 4.60. The Balaban J connectivity index is 1.69. The minimum Gasteiger partial charge on any atom is -0.370 e. The first-order chi connectivity index (χ1) is 9.15. The summed E-state index contributed by atoms with van der Waals surface area (Å²) in [6.45, 7) is 2.50. The van der Waals surface area contributed by atoms with Gasteiger partial charge in [0.2, 0.25) is 5.91 Å². The van der Waals surface area contributed by atoms with Crippen LogP contribution in [-0.2, 0) is 9.59 Å². The average Bonchev–Trinajstić information content (AvgIpc) is 2.41. The summed E-state index contributed by atoms with van der Waals surface area (Å²) in [6.07, 6.45) is 8.43. The largest absolute Gasteiger partial charge is 0.370 e. The number of nitrogens with two attached hydrogens (primary N) is 1. The Hall–Kier alpha value is -0.900. The van der Waals surface area contributed by atoms with Gasteiger partial charge in [-0.25, -0.2) is 0 Å². The molecule has 2 fully saturated rings. The molecule has 2 N–H and O–H groups in total. The molecule has 1 aliphatic heterocycles. The predicted molar refractivity (Wildman–Crippen MR) is 74.6 cm³/mol. The quantitative estimate of drug-likeness (QED) is 0.824. The number of ketones is 1. The van der Waals surface area contributed by atoms with E-state index < -0.39 is 0 Å². The fourth-order valence-electron chi connectivity index (χ4n) is 3.41. The highest BCUT2D eigenvalue weighted by molar-refractivity contribution is 5.83. The lowest BCUT2D eigenvalue weighted by molar-refractivity contribution is -0.125. The van der Waals surface area contributed by atoms with E-state index in [2.05, 4.69) is 4.90 Å². The van der Waals surface area contributed by atoms with Crippen LogP contribution in [-0.4, -0.2) is 36.2 Å². The van der Waals surface area contributed by atoms with Gasteiger partial charge in [-0.1, -0.05) is 19.3 Å². The van der Waals surface area contributed by atoms with Crippen molar-refractivity contribution in [3.8, 4) is 0 Å². The van der Waals surface area contributed by atoms with E-state index in [1.54, 1.807) is 0 Å². The van der Waals surface area contributed by atoms with Crippen LogP contribution >= 0.6 is 0 Å². The molecule has 0 radical (unpaired) electrons. The number of piperidine rings is 1. The monoisotopic (exact) mass is 266 g/mol. The maximum Gasteiger partial charge on any atom is 0.217 e. The third-order valence-corrected chi connectivity index (χ3v) is 4.64. The van der Waals surface area contributed by atoms with Crippen molar-refractivity contribution in [1.29, 1.82) is 0 Å². The van der Waals surface area contributed by atoms with Gasteiger partial charge in [0, 0.05) is 12.3 Å². The van der Waals surface area contributed by atoms with Gasteiger partial charge >= 0.3 is 0 Å². The van der Waals surface area contributed by atoms with Gasteiger partial charge in [-0.15, -0.1) is 0 Å². The molecule has 2 aliphatic rings. The maximum atomic E-state index is 12.2. The molecule has 19 heavy (non-hydrogen) atoms. The fourth-order valence-corrected chi connectivity index (χ4v) is 3.41. The van der Waals surface area contributed by atoms with Gasteiger partial charge in [-0.05, 0) is 44.7 Å². The number of Topliss-reactive ketones (excluding diaryl/α,β-unsaturated/α-hetero) is 1. The van der Waals surface area contributed by atoms with E-state index in [0.29, 0.717) is 30.6 Å². The first-order valence-electron chi connectivity index (χ1n) is 7.68. The Bertz CT molecular complexity index is 316. The Kier molecular flexibility index (Phi) is 5.37. The van der Waals surface area contributed by atoms with E-state index in [-0.39, 0.29) is 5.91 Å². The number of carbonyl (C=O) groups is 2. The Morgan fingerprint density at radius 1 is 1.00 bits per heavy atom. The third-order valence-electron chi connectivity index (χ3n) is 4.64. The van der Waals surface area contributed by atoms with Crippen molar-refractivity contribution in [2.45, 2.75) is 51.4 Å². The second-order valence-electron chi connectivity index (χ2n) is 6.19. The van der Waals surface area contributed by atoms with E-state index in [0.717, 1.165) is 38.8 Å². The normalized spacial score (nSPS) is 23.4. The minimum atomic E-state index is -0.197. The van der Waals surface area contributed by atoms with Gasteiger partial charge in [0.25, 0.3) is 0 Å². The van der Waals surface area contributed by atoms with E-state index in [1.165, 1.54) is 19.3 Å². The number of carbonyl (C=O) groups excluding carboxylic acids is 2. The molecule has 0 aromatic heterocycles. The standard InChI is InChI=1S/C15H26N2O2/c16-15(19)10-12-6-8-17(9-7-12)11-14(18)13-4-2-1-3-5-13/h12-13H,1-11H2,(H2,16,19). The molecule has 0 bridgehead atoms. The summed E-state index contributed by atoms with van der Waals surface area (Å²) >= 11 is 0. The van der Waals surface area contributed by atoms with Crippen molar-refractivity contribution in [3.63, 3.8) is 0 Å². The lowest BCUT2D eigenvalue weighted by Gasteiger charge is -2.32. The second kappa shape index (κ2) is 7.04. The molecule has 0 atom stereocenters. The molecule has 1 heterocycles. The number of hydrogen-bond donors (Lipinski definition) is 1. The van der Waals surface area contributed by atoms with Crippen molar-refractivity contribution in [2.24, 2.45) is 17.6 Å². The van der Waals surface area contributed by atoms with Gasteiger partial charge in [-0.2, -0.15) is 0 Å². The predicted octanol–water partition coefficient (Wildman–Crippen LogP) is 1.72. The fraction of sp³-hybridized carbons (Fsp3) is 0.867. The van der Waals surface area contributed by atoms with Crippen LogP contribution in [0, 0.1) is 11.8 Å². The smallest absolute Gasteiger partial charge is 0.217 e. The summed E-state index contributed by atoms with van der Waals surface area (Å²) in [5.74, 6) is 0.986. The van der Waals surface area contributed by atoms with Crippen molar-refractivity contribution in [3.05, 3.63) is 0 Å². The van der Waals surface area contributed by atoms with Crippen LogP contribution in [0.3, 0.4) is 0 Å². The summed E-state index contributed by atoms with van der Waals surface area (Å²) in [5.41, 5.74) is 5.23. The Morgan fingerprint density at radius 2 is 1.63 bits per heavy atom. The number of amides is 1. The van der Waals surface area contributed by atoms with Crippen molar-refractivity contribution >= 4 is 11.7 Å². The first-order valence-corrected chi connectivity index (χ1v) is 7.68. The van der Waals surface area contributed by atoms with Crippen LogP contribution in [0.4, 0.5) is 0 Å². The van der Waals surface area contributed by atoms with Crippen molar-refractivity contribution in [2.75, 3.05) is 19.6 Å². The molecule has 0 aromatic rings. The summed E-state index contributed by atoms with van der Waals surface area (Å²) in [5, 5.41) is 0. The van der Waals surface area contributed by atoms with Gasteiger partial charge < -0.3 is 5.73 Å². The number of hydrogen-bond acceptors (Lipinski definition) is 3. The highest BCUT2D eigenvalue weighted by atomic mass is 16.1. The summed E-state index contributed by atoms with van der Waals surface area (Å²) in [4.78, 5) is 25.4. The SMILES string of the molecule is NC(=O)CC1CCN(CC(=O)C2CCCCC2)CC1. The van der Waals surface area contributed by atoms with E-state index >= 15 is 0 Å². The van der Waals surface area contributed by atoms with Gasteiger partial charge in [0.1, 0.15) is 5.78 Å². The van der Waals surface area contributed by atoms with Crippen LogP contribution in [0.25, 0.3) is 0 Å². The molecule has 0 aromatic carbocycles. The van der Waals surface area contributed by atoms with Gasteiger partial charge in [0.05, 0.1) is 6.54 Å². The Labute approximate surface area is 115 Å². The summed E-state index contributed by atoms with van der Waals surface area (Å²) in [6, 6.07) is 0. The molecule has 4 nitrogen and oxygen atoms in total. The zero-order valence-corrected chi connectivity index (χ0v) is 11.8. The van der Waals surface area contributed by atoms with Crippen LogP contribution in [0.1, 0.15) is 51.4 Å². The number of rotatable bonds is 5. The summed E-state index contributed by atoms with van der Waals surface area (Å²) in [7, 11) is 0. The van der Waals surface area contributed by atoms with Crippen LogP contribution in [0.2, 0.25) is 0 Å². The highest BCUT2D eigenvalue weighted by Crippen LogP contribution is 2.25. The number of nitrogens with zero attached hydrogens (tertiary/aromatic N) is 1. The number of primary amides is 1. The van der Waals surface area contributed by atoms with Crippen LogP contribution in [0.15, 0.2) is 0 Å². The molecule has 2 rings (SSSR count). The number of likely N-dealkylation sites (tertiary alicyclic amines) is 1. The molecular formula is C15H26N2O2. The summed E-state index contributed by atoms with van der Waals surface area (Å²) < 4.78 is 0. The molecule has 108 valence electrons. The van der Waals surface area contributed by atoms with E-state index in [1.807, 2.05) is 0 Å². The molecule has 1 saturated heterocycles. The maximum absolute atomic E-state index is 12.2. The van der Waals surface area contributed by atoms with Gasteiger partial charge in [0.15, 0.2) is 0 Å². The molecule has 1 aliphatic carbocycles. The molecule has 1 saturated carbocycles. The highest BCUT2D eigenvalue weighted by Gasteiger charge is 2.26. The molecule has 0 unspecified atom stereocenters. The molecule has 0 spiro atoms. The zero-order valence-electron chi connectivity index (χ0n) is 11.8. The lowest BCUT2D eigenvalue weighted by Crippen LogP contribution is -2.40. The Morgan fingerprint density at radius 3 is 2.21 bits per heavy atom. The van der Waals surface area contributed by atoms with Crippen molar-refractivity contribution in [1.82, 2.24) is 4.90 Å². The minimum absolute atomic E-state index is 0.197. The van der Waals surface area contributed by atoms with E-state index in [9.17, 15) is 9.59 Å². The topological polar surface area (TPSA) is 63.4 Å². The molecular weight excluding hydrogens is 240 g/mol.